The van der Waals surface area contributed by atoms with E-state index in [1.54, 1.807) is 36.9 Å². The molecule has 6 nitrogen and oxygen atoms in total. The number of anilines is 1. The molecule has 9 heteroatoms. The predicted octanol–water partition coefficient (Wildman–Crippen LogP) is 3.99. The summed E-state index contributed by atoms with van der Waals surface area (Å²) in [5.41, 5.74) is 0.429. The lowest BCUT2D eigenvalue weighted by atomic mass is 10.3. The second kappa shape index (κ2) is 7.28. The molecule has 2 heterocycles. The van der Waals surface area contributed by atoms with Crippen LogP contribution >= 0.6 is 23.4 Å². The van der Waals surface area contributed by atoms with Crippen molar-refractivity contribution >= 4 is 35.0 Å². The molecular formula is C16H14ClFN4O2S. The highest BCUT2D eigenvalue weighted by atomic mass is 35.5. The number of benzene rings is 1. The molecule has 3 rings (SSSR count). The number of carbonyl (C=O) groups is 1. The zero-order chi connectivity index (χ0) is 18.0. The van der Waals surface area contributed by atoms with Gasteiger partial charge in [0.2, 0.25) is 5.91 Å². The largest absolute Gasteiger partial charge is 0.461 e. The van der Waals surface area contributed by atoms with Crippen molar-refractivity contribution in [2.24, 2.45) is 7.05 Å². The molecule has 0 spiro atoms. The minimum Gasteiger partial charge on any atom is -0.461 e. The van der Waals surface area contributed by atoms with Crippen molar-refractivity contribution in [3.63, 3.8) is 0 Å². The Kier molecular flexibility index (Phi) is 5.10. The van der Waals surface area contributed by atoms with Gasteiger partial charge in [0.05, 0.1) is 16.5 Å². The fraction of sp³-hybridized carbons (Fsp3) is 0.188. The zero-order valence-electron chi connectivity index (χ0n) is 13.4. The Bertz CT molecular complexity index is 898. The van der Waals surface area contributed by atoms with Gasteiger partial charge in [-0.1, -0.05) is 23.4 Å². The predicted molar refractivity (Wildman–Crippen MR) is 94.1 cm³/mol. The average molecular weight is 381 g/mol. The summed E-state index contributed by atoms with van der Waals surface area (Å²) in [6.45, 7) is 1.74. The minimum absolute atomic E-state index is 0.0468. The first-order chi connectivity index (χ1) is 12.0. The Morgan fingerprint density at radius 2 is 2.20 bits per heavy atom. The molecule has 0 aliphatic heterocycles. The number of carbonyl (C=O) groups excluding carboxylic acids is 1. The number of nitrogens with one attached hydrogen (secondary N) is 1. The van der Waals surface area contributed by atoms with Crippen LogP contribution in [0.5, 0.6) is 0 Å². The van der Waals surface area contributed by atoms with Crippen molar-refractivity contribution in [1.29, 1.82) is 0 Å². The van der Waals surface area contributed by atoms with Gasteiger partial charge in [-0.25, -0.2) is 4.39 Å². The van der Waals surface area contributed by atoms with Crippen molar-refractivity contribution in [3.8, 4) is 11.6 Å². The Morgan fingerprint density at radius 3 is 2.88 bits per heavy atom. The van der Waals surface area contributed by atoms with Crippen LogP contribution in [0.4, 0.5) is 10.1 Å². The highest BCUT2D eigenvalue weighted by Gasteiger charge is 2.20. The van der Waals surface area contributed by atoms with Crippen LogP contribution in [0.1, 0.15) is 6.92 Å². The first-order valence-electron chi connectivity index (χ1n) is 7.31. The normalized spacial score (nSPS) is 12.2. The summed E-state index contributed by atoms with van der Waals surface area (Å²) in [5, 5.41) is 11.0. The second-order valence-electron chi connectivity index (χ2n) is 5.22. The molecule has 0 aliphatic rings. The Morgan fingerprint density at radius 1 is 1.40 bits per heavy atom. The summed E-state index contributed by atoms with van der Waals surface area (Å²) in [6, 6.07) is 7.57. The molecule has 1 aromatic carbocycles. The summed E-state index contributed by atoms with van der Waals surface area (Å²) in [6.07, 6.45) is 1.56. The van der Waals surface area contributed by atoms with Crippen molar-refractivity contribution < 1.29 is 13.6 Å². The standard InChI is InChI=1S/C16H14ClFN4O2S/c1-9(15(23)19-10-5-6-12(18)11(17)8-10)25-16-21-20-14(22(16)2)13-4-3-7-24-13/h3-9H,1-2H3,(H,19,23)/t9-/m0/s1. The van der Waals surface area contributed by atoms with E-state index in [-0.39, 0.29) is 10.9 Å². The molecule has 1 amide bonds. The maximum atomic E-state index is 13.2. The summed E-state index contributed by atoms with van der Waals surface area (Å²) < 4.78 is 20.2. The highest BCUT2D eigenvalue weighted by Crippen LogP contribution is 2.27. The number of nitrogens with zero attached hydrogens (tertiary/aromatic N) is 3. The molecule has 0 radical (unpaired) electrons. The van der Waals surface area contributed by atoms with Gasteiger partial charge in [0.25, 0.3) is 0 Å². The third kappa shape index (κ3) is 3.85. The molecule has 0 unspecified atom stereocenters. The quantitative estimate of drug-likeness (QED) is 0.677. The number of aromatic nitrogens is 3. The van der Waals surface area contributed by atoms with Gasteiger partial charge in [-0.15, -0.1) is 10.2 Å². The van der Waals surface area contributed by atoms with Gasteiger partial charge < -0.3 is 14.3 Å². The topological polar surface area (TPSA) is 73.0 Å². The van der Waals surface area contributed by atoms with Crippen LogP contribution in [0.15, 0.2) is 46.2 Å². The molecular weight excluding hydrogens is 367 g/mol. The SMILES string of the molecule is C[C@H](Sc1nnc(-c2ccco2)n1C)C(=O)Nc1ccc(F)c(Cl)c1. The maximum Gasteiger partial charge on any atom is 0.237 e. The van der Waals surface area contributed by atoms with Crippen LogP contribution in [0.3, 0.4) is 0 Å². The van der Waals surface area contributed by atoms with Gasteiger partial charge in [0.15, 0.2) is 16.7 Å². The van der Waals surface area contributed by atoms with E-state index < -0.39 is 11.1 Å². The third-order valence-electron chi connectivity index (χ3n) is 3.42. The lowest BCUT2D eigenvalue weighted by Gasteiger charge is -2.12. The summed E-state index contributed by atoms with van der Waals surface area (Å²) in [7, 11) is 1.80. The molecule has 0 saturated heterocycles. The van der Waals surface area contributed by atoms with E-state index in [1.807, 2.05) is 0 Å². The molecule has 0 bridgehead atoms. The molecule has 1 atom stereocenters. The van der Waals surface area contributed by atoms with Gasteiger partial charge in [-0.3, -0.25) is 4.79 Å². The van der Waals surface area contributed by atoms with Crippen molar-refractivity contribution in [1.82, 2.24) is 14.8 Å². The molecule has 25 heavy (non-hydrogen) atoms. The maximum absolute atomic E-state index is 13.2. The molecule has 0 saturated carbocycles. The summed E-state index contributed by atoms with van der Waals surface area (Å²) >= 11 is 6.97. The first-order valence-corrected chi connectivity index (χ1v) is 8.57. The number of hydrogen-bond acceptors (Lipinski definition) is 5. The lowest BCUT2D eigenvalue weighted by molar-refractivity contribution is -0.115. The lowest BCUT2D eigenvalue weighted by Crippen LogP contribution is -2.22. The number of amides is 1. The van der Waals surface area contributed by atoms with Crippen molar-refractivity contribution in [3.05, 3.63) is 47.4 Å². The van der Waals surface area contributed by atoms with Gasteiger partial charge in [-0.2, -0.15) is 0 Å². The van der Waals surface area contributed by atoms with E-state index in [9.17, 15) is 9.18 Å². The summed E-state index contributed by atoms with van der Waals surface area (Å²) in [4.78, 5) is 12.3. The monoisotopic (exact) mass is 380 g/mol. The minimum atomic E-state index is -0.536. The van der Waals surface area contributed by atoms with Gasteiger partial charge >= 0.3 is 0 Å². The Balaban J connectivity index is 1.68. The van der Waals surface area contributed by atoms with E-state index in [1.165, 1.54) is 30.0 Å². The molecule has 0 fully saturated rings. The number of rotatable bonds is 5. The number of halogens is 2. The average Bonchev–Trinajstić information content (AvgIpc) is 3.21. The number of hydrogen-bond donors (Lipinski definition) is 1. The first kappa shape index (κ1) is 17.5. The van der Waals surface area contributed by atoms with E-state index in [2.05, 4.69) is 15.5 Å². The Labute approximate surface area is 152 Å². The molecule has 3 aromatic rings. The Hall–Kier alpha value is -2.32. The van der Waals surface area contributed by atoms with Gasteiger partial charge in [-0.05, 0) is 37.3 Å². The van der Waals surface area contributed by atoms with Crippen LogP contribution in [-0.4, -0.2) is 25.9 Å². The molecule has 0 aliphatic carbocycles. The van der Waals surface area contributed by atoms with Gasteiger partial charge in [0.1, 0.15) is 5.82 Å². The fourth-order valence-corrected chi connectivity index (χ4v) is 3.06. The molecule has 1 N–H and O–H groups in total. The third-order valence-corrected chi connectivity index (χ3v) is 4.84. The molecule has 2 aromatic heterocycles. The number of thioether (sulfide) groups is 1. The van der Waals surface area contributed by atoms with Crippen LogP contribution in [-0.2, 0) is 11.8 Å². The second-order valence-corrected chi connectivity index (χ2v) is 6.94. The summed E-state index contributed by atoms with van der Waals surface area (Å²) in [5.74, 6) is 0.382. The van der Waals surface area contributed by atoms with E-state index in [0.29, 0.717) is 22.4 Å². The van der Waals surface area contributed by atoms with Crippen LogP contribution < -0.4 is 5.32 Å². The van der Waals surface area contributed by atoms with Crippen LogP contribution in [0.25, 0.3) is 11.6 Å². The van der Waals surface area contributed by atoms with Crippen LogP contribution in [0, 0.1) is 5.82 Å². The zero-order valence-corrected chi connectivity index (χ0v) is 14.9. The van der Waals surface area contributed by atoms with Crippen molar-refractivity contribution in [2.75, 3.05) is 5.32 Å². The van der Waals surface area contributed by atoms with E-state index >= 15 is 0 Å². The highest BCUT2D eigenvalue weighted by molar-refractivity contribution is 8.00. The smallest absolute Gasteiger partial charge is 0.237 e. The van der Waals surface area contributed by atoms with Crippen molar-refractivity contribution in [2.45, 2.75) is 17.3 Å². The molecule has 130 valence electrons. The van der Waals surface area contributed by atoms with E-state index in [4.69, 9.17) is 16.0 Å². The van der Waals surface area contributed by atoms with E-state index in [0.717, 1.165) is 0 Å². The fourth-order valence-electron chi connectivity index (χ4n) is 2.07. The number of furan rings is 1. The van der Waals surface area contributed by atoms with Gasteiger partial charge in [0, 0.05) is 12.7 Å². The van der Waals surface area contributed by atoms with Crippen LogP contribution in [0.2, 0.25) is 5.02 Å².